The van der Waals surface area contributed by atoms with Gasteiger partial charge in [-0.1, -0.05) is 37.5 Å². The Morgan fingerprint density at radius 3 is 2.61 bits per heavy atom. The summed E-state index contributed by atoms with van der Waals surface area (Å²) < 4.78 is 0. The first-order valence-corrected chi connectivity index (χ1v) is 11.0. The van der Waals surface area contributed by atoms with Gasteiger partial charge in [-0.3, -0.25) is 9.79 Å². The van der Waals surface area contributed by atoms with Gasteiger partial charge in [-0.25, -0.2) is 0 Å². The molecule has 0 saturated heterocycles. The summed E-state index contributed by atoms with van der Waals surface area (Å²) in [5.41, 5.74) is 1.20. The minimum absolute atomic E-state index is 0.0363. The fourth-order valence-electron chi connectivity index (χ4n) is 5.33. The van der Waals surface area contributed by atoms with E-state index in [1.165, 1.54) is 0 Å². The third kappa shape index (κ3) is 5.14. The molecule has 4 heteroatoms. The van der Waals surface area contributed by atoms with E-state index in [9.17, 15) is 9.90 Å². The van der Waals surface area contributed by atoms with Gasteiger partial charge in [0.15, 0.2) is 0 Å². The predicted octanol–water partition coefficient (Wildman–Crippen LogP) is 5.28. The number of hydrogen-bond acceptors (Lipinski definition) is 3. The Bertz CT molecular complexity index is 604. The lowest BCUT2D eigenvalue weighted by molar-refractivity contribution is -0.141. The number of amides is 1. The molecule has 1 amide bonds. The molecule has 1 N–H and O–H groups in total. The van der Waals surface area contributed by atoms with Gasteiger partial charge in [0.25, 0.3) is 0 Å². The largest absolute Gasteiger partial charge is 0.387 e. The van der Waals surface area contributed by atoms with Gasteiger partial charge in [-0.15, -0.1) is 6.58 Å². The van der Waals surface area contributed by atoms with Crippen molar-refractivity contribution in [2.24, 2.45) is 16.3 Å². The molecule has 0 aliphatic heterocycles. The third-order valence-corrected chi connectivity index (χ3v) is 7.13. The van der Waals surface area contributed by atoms with Crippen LogP contribution in [-0.4, -0.2) is 41.4 Å². The number of carbonyl (C=O) groups is 1. The lowest BCUT2D eigenvalue weighted by atomic mass is 9.66. The Morgan fingerprint density at radius 1 is 1.39 bits per heavy atom. The van der Waals surface area contributed by atoms with Crippen LogP contribution in [0.15, 0.2) is 29.3 Å². The summed E-state index contributed by atoms with van der Waals surface area (Å²) >= 11 is 0. The van der Waals surface area contributed by atoms with E-state index < -0.39 is 5.60 Å². The molecule has 158 valence electrons. The van der Waals surface area contributed by atoms with E-state index in [-0.39, 0.29) is 17.2 Å². The lowest BCUT2D eigenvalue weighted by Gasteiger charge is -2.47. The van der Waals surface area contributed by atoms with E-state index in [0.29, 0.717) is 13.0 Å². The third-order valence-electron chi connectivity index (χ3n) is 7.13. The van der Waals surface area contributed by atoms with Crippen LogP contribution in [0.25, 0.3) is 0 Å². The molecule has 2 aliphatic rings. The summed E-state index contributed by atoms with van der Waals surface area (Å²) in [6.07, 6.45) is 12.1. The molecule has 2 atom stereocenters. The first-order valence-electron chi connectivity index (χ1n) is 11.0. The summed E-state index contributed by atoms with van der Waals surface area (Å²) in [6, 6.07) is 0. The molecule has 28 heavy (non-hydrogen) atoms. The van der Waals surface area contributed by atoms with Gasteiger partial charge in [-0.2, -0.15) is 0 Å². The quantitative estimate of drug-likeness (QED) is 0.332. The van der Waals surface area contributed by atoms with Crippen LogP contribution in [0.5, 0.6) is 0 Å². The first-order chi connectivity index (χ1) is 13.3. The maximum atomic E-state index is 13.3. The topological polar surface area (TPSA) is 52.9 Å². The SMILES string of the molecule is C=C(C)CCC(O)(CN(C=NC)C(=O)C1CCCC(=C)C1)C1(CC)CCCC1. The standard InChI is InChI=1S/C24H40N2O2/c1-6-23(13-7-8-14-23)24(28,15-12-19(2)3)17-26(18-25-5)22(27)21-11-9-10-20(4)16-21/h18,21,28H,2,4,6-17H2,1,3,5H3. The van der Waals surface area contributed by atoms with Gasteiger partial charge in [0, 0.05) is 18.4 Å². The fourth-order valence-corrected chi connectivity index (χ4v) is 5.33. The predicted molar refractivity (Wildman–Crippen MR) is 117 cm³/mol. The summed E-state index contributed by atoms with van der Waals surface area (Å²) in [5, 5.41) is 12.0. The zero-order valence-electron chi connectivity index (χ0n) is 18.3. The Kier molecular flexibility index (Phi) is 8.06. The van der Waals surface area contributed by atoms with E-state index >= 15 is 0 Å². The number of hydrogen-bond donors (Lipinski definition) is 1. The molecule has 0 aromatic heterocycles. The number of nitrogens with zero attached hydrogens (tertiary/aromatic N) is 2. The molecular formula is C24H40N2O2. The molecule has 4 nitrogen and oxygen atoms in total. The molecule has 2 unspecified atom stereocenters. The molecule has 0 bridgehead atoms. The van der Waals surface area contributed by atoms with Crippen LogP contribution in [0.2, 0.25) is 0 Å². The highest BCUT2D eigenvalue weighted by molar-refractivity contribution is 5.89. The monoisotopic (exact) mass is 388 g/mol. The molecule has 2 rings (SSSR count). The number of rotatable bonds is 9. The van der Waals surface area contributed by atoms with Crippen LogP contribution in [0.1, 0.15) is 84.5 Å². The van der Waals surface area contributed by atoms with Crippen LogP contribution in [0, 0.1) is 11.3 Å². The van der Waals surface area contributed by atoms with Gasteiger partial charge in [0.05, 0.1) is 18.5 Å². The van der Waals surface area contributed by atoms with E-state index in [1.54, 1.807) is 18.3 Å². The number of carbonyl (C=O) groups excluding carboxylic acids is 1. The maximum Gasteiger partial charge on any atom is 0.231 e. The average Bonchev–Trinajstić information content (AvgIpc) is 3.16. The van der Waals surface area contributed by atoms with Crippen molar-refractivity contribution in [1.29, 1.82) is 0 Å². The molecule has 0 aromatic carbocycles. The van der Waals surface area contributed by atoms with Crippen molar-refractivity contribution in [3.8, 4) is 0 Å². The fraction of sp³-hybridized carbons (Fsp3) is 0.750. The maximum absolute atomic E-state index is 13.3. The van der Waals surface area contributed by atoms with Crippen LogP contribution in [0.4, 0.5) is 0 Å². The second-order valence-electron chi connectivity index (χ2n) is 9.21. The molecular weight excluding hydrogens is 348 g/mol. The van der Waals surface area contributed by atoms with Crippen LogP contribution in [-0.2, 0) is 4.79 Å². The second-order valence-corrected chi connectivity index (χ2v) is 9.21. The van der Waals surface area contributed by atoms with Gasteiger partial charge >= 0.3 is 0 Å². The van der Waals surface area contributed by atoms with Crippen molar-refractivity contribution >= 4 is 12.2 Å². The summed E-state index contributed by atoms with van der Waals surface area (Å²) in [5.74, 6) is 0.0512. The Hall–Kier alpha value is -1.42. The molecule has 2 saturated carbocycles. The zero-order valence-corrected chi connectivity index (χ0v) is 18.3. The van der Waals surface area contributed by atoms with E-state index in [4.69, 9.17) is 0 Å². The molecule has 0 aromatic rings. The first kappa shape index (κ1) is 22.9. The highest BCUT2D eigenvalue weighted by atomic mass is 16.3. The average molecular weight is 389 g/mol. The van der Waals surface area contributed by atoms with Crippen molar-refractivity contribution in [2.75, 3.05) is 13.6 Å². The van der Waals surface area contributed by atoms with Crippen molar-refractivity contribution in [2.45, 2.75) is 90.1 Å². The Labute approximate surface area is 171 Å². The second kappa shape index (κ2) is 9.87. The highest BCUT2D eigenvalue weighted by Gasteiger charge is 2.51. The number of aliphatic hydroxyl groups is 1. The minimum Gasteiger partial charge on any atom is -0.387 e. The minimum atomic E-state index is -0.917. The van der Waals surface area contributed by atoms with Crippen LogP contribution < -0.4 is 0 Å². The van der Waals surface area contributed by atoms with Gasteiger partial charge in [0.2, 0.25) is 5.91 Å². The molecule has 0 heterocycles. The van der Waals surface area contributed by atoms with Gasteiger partial charge < -0.3 is 10.0 Å². The van der Waals surface area contributed by atoms with E-state index in [0.717, 1.165) is 75.4 Å². The van der Waals surface area contributed by atoms with Gasteiger partial charge in [-0.05, 0) is 64.7 Å². The summed E-state index contributed by atoms with van der Waals surface area (Å²) in [6.45, 7) is 12.7. The van der Waals surface area contributed by atoms with Crippen LogP contribution in [0.3, 0.4) is 0 Å². The normalized spacial score (nSPS) is 24.3. The smallest absolute Gasteiger partial charge is 0.231 e. The van der Waals surface area contributed by atoms with Crippen molar-refractivity contribution < 1.29 is 9.90 Å². The summed E-state index contributed by atoms with van der Waals surface area (Å²) in [4.78, 5) is 19.2. The molecule has 0 radical (unpaired) electrons. The Morgan fingerprint density at radius 2 is 2.07 bits per heavy atom. The molecule has 2 aliphatic carbocycles. The molecule has 0 spiro atoms. The zero-order chi connectivity index (χ0) is 20.8. The summed E-state index contributed by atoms with van der Waals surface area (Å²) in [7, 11) is 1.69. The van der Waals surface area contributed by atoms with Crippen molar-refractivity contribution in [3.05, 3.63) is 24.3 Å². The Balaban J connectivity index is 2.28. The van der Waals surface area contributed by atoms with Crippen LogP contribution >= 0.6 is 0 Å². The number of aliphatic imine (C=N–C) groups is 1. The van der Waals surface area contributed by atoms with Crippen molar-refractivity contribution in [3.63, 3.8) is 0 Å². The van der Waals surface area contributed by atoms with Crippen molar-refractivity contribution in [1.82, 2.24) is 4.90 Å². The van der Waals surface area contributed by atoms with E-state index in [2.05, 4.69) is 25.1 Å². The van der Waals surface area contributed by atoms with E-state index in [1.807, 2.05) is 6.92 Å². The molecule has 2 fully saturated rings. The number of allylic oxidation sites excluding steroid dienone is 2. The lowest BCUT2D eigenvalue weighted by Crippen LogP contribution is -2.56. The van der Waals surface area contributed by atoms with Gasteiger partial charge in [0.1, 0.15) is 0 Å². The highest BCUT2D eigenvalue weighted by Crippen LogP contribution is 2.51.